The summed E-state index contributed by atoms with van der Waals surface area (Å²) in [6.45, 7) is 9.35. The molecule has 0 saturated carbocycles. The molecule has 0 radical (unpaired) electrons. The largest absolute Gasteiger partial charge is 0.466 e. The molecule has 0 fully saturated rings. The van der Waals surface area contributed by atoms with Crippen LogP contribution < -0.4 is 0 Å². The van der Waals surface area contributed by atoms with E-state index in [1.165, 1.54) is 44.9 Å². The maximum Gasteiger partial charge on any atom is 0.305 e. The minimum absolute atomic E-state index is 0.165. The topological polar surface area (TPSA) is 63.2 Å². The normalized spacial score (nSPS) is 11.1. The number of carbonyl (C=O) groups excluding carboxylic acids is 1. The molecule has 6 nitrogen and oxygen atoms in total. The fourth-order valence-corrected chi connectivity index (χ4v) is 2.65. The highest BCUT2D eigenvalue weighted by Gasteiger charge is 2.00. The maximum absolute atomic E-state index is 11.1. The Labute approximate surface area is 172 Å². The number of hydrogen-bond acceptors (Lipinski definition) is 6. The molecule has 0 aliphatic rings. The van der Waals surface area contributed by atoms with Gasteiger partial charge in [0.05, 0.1) is 46.2 Å². The summed E-state index contributed by atoms with van der Waals surface area (Å²) in [5, 5.41) is 0. The summed E-state index contributed by atoms with van der Waals surface area (Å²) in [6.07, 6.45) is 11.7. The summed E-state index contributed by atoms with van der Waals surface area (Å²) in [5.74, 6) is -0.165. The Balaban J connectivity index is 3.02. The molecule has 0 rings (SSSR count). The predicted molar refractivity (Wildman–Crippen MR) is 112 cm³/mol. The van der Waals surface area contributed by atoms with Crippen molar-refractivity contribution >= 4 is 5.97 Å². The molecule has 0 aromatic heterocycles. The zero-order valence-corrected chi connectivity index (χ0v) is 18.4. The van der Waals surface area contributed by atoms with Crippen LogP contribution in [0, 0.1) is 0 Å². The number of hydrogen-bond donors (Lipinski definition) is 0. The van der Waals surface area contributed by atoms with Gasteiger partial charge in [-0.2, -0.15) is 0 Å². The van der Waals surface area contributed by atoms with Crippen LogP contribution in [0.4, 0.5) is 0 Å². The van der Waals surface area contributed by atoms with Crippen molar-refractivity contribution in [3.63, 3.8) is 0 Å². The number of unbranched alkanes of at least 4 members (excludes halogenated alkanes) is 7. The molecule has 0 amide bonds. The standard InChI is InChI=1S/C22H44O6/c1-3-5-6-7-8-9-10-11-14-24-16-18-26-20-21-27-19-17-25-15-12-13-22(23)28-4-2/h3-21H2,1-2H3. The van der Waals surface area contributed by atoms with E-state index in [9.17, 15) is 4.79 Å². The Morgan fingerprint density at radius 3 is 1.46 bits per heavy atom. The molecular weight excluding hydrogens is 360 g/mol. The Kier molecular flexibility index (Phi) is 23.7. The van der Waals surface area contributed by atoms with Gasteiger partial charge >= 0.3 is 5.97 Å². The molecule has 0 aliphatic carbocycles. The highest BCUT2D eigenvalue weighted by Crippen LogP contribution is 2.08. The number of esters is 1. The Hall–Kier alpha value is -0.690. The summed E-state index contributed by atoms with van der Waals surface area (Å²) in [4.78, 5) is 11.1. The van der Waals surface area contributed by atoms with Crippen LogP contribution in [0.3, 0.4) is 0 Å². The van der Waals surface area contributed by atoms with Crippen LogP contribution in [0.2, 0.25) is 0 Å². The lowest BCUT2D eigenvalue weighted by Crippen LogP contribution is -2.12. The minimum atomic E-state index is -0.165. The Bertz CT molecular complexity index is 311. The summed E-state index contributed by atoms with van der Waals surface area (Å²) in [6, 6.07) is 0. The van der Waals surface area contributed by atoms with Gasteiger partial charge in [0.25, 0.3) is 0 Å². The third kappa shape index (κ3) is 23.3. The summed E-state index contributed by atoms with van der Waals surface area (Å²) in [5.41, 5.74) is 0. The maximum atomic E-state index is 11.1. The van der Waals surface area contributed by atoms with Crippen LogP contribution in [0.1, 0.15) is 78.1 Å². The van der Waals surface area contributed by atoms with E-state index in [0.717, 1.165) is 13.0 Å². The molecule has 0 N–H and O–H groups in total. The van der Waals surface area contributed by atoms with E-state index in [0.29, 0.717) is 65.7 Å². The first-order valence-electron chi connectivity index (χ1n) is 11.3. The first-order chi connectivity index (χ1) is 13.8. The van der Waals surface area contributed by atoms with Crippen LogP contribution in [0.25, 0.3) is 0 Å². The fraction of sp³-hybridized carbons (Fsp3) is 0.955. The zero-order valence-electron chi connectivity index (χ0n) is 18.4. The molecule has 6 heteroatoms. The summed E-state index contributed by atoms with van der Waals surface area (Å²) in [7, 11) is 0. The van der Waals surface area contributed by atoms with Gasteiger partial charge in [0.2, 0.25) is 0 Å². The highest BCUT2D eigenvalue weighted by molar-refractivity contribution is 5.69. The third-order valence-corrected chi connectivity index (χ3v) is 4.23. The molecule has 0 spiro atoms. The van der Waals surface area contributed by atoms with Crippen molar-refractivity contribution in [3.05, 3.63) is 0 Å². The third-order valence-electron chi connectivity index (χ3n) is 4.23. The van der Waals surface area contributed by atoms with E-state index in [1.807, 2.05) is 0 Å². The molecule has 0 aliphatic heterocycles. The smallest absolute Gasteiger partial charge is 0.305 e. The lowest BCUT2D eigenvalue weighted by Gasteiger charge is -2.07. The van der Waals surface area contributed by atoms with E-state index < -0.39 is 0 Å². The van der Waals surface area contributed by atoms with Gasteiger partial charge in [-0.05, 0) is 19.8 Å². The van der Waals surface area contributed by atoms with E-state index in [2.05, 4.69) is 6.92 Å². The van der Waals surface area contributed by atoms with Gasteiger partial charge < -0.3 is 23.7 Å². The van der Waals surface area contributed by atoms with Crippen LogP contribution in [-0.4, -0.2) is 65.4 Å². The molecule has 168 valence electrons. The van der Waals surface area contributed by atoms with Crippen molar-refractivity contribution in [1.29, 1.82) is 0 Å². The monoisotopic (exact) mass is 404 g/mol. The van der Waals surface area contributed by atoms with Crippen LogP contribution in [-0.2, 0) is 28.5 Å². The highest BCUT2D eigenvalue weighted by atomic mass is 16.6. The first kappa shape index (κ1) is 27.3. The number of carbonyl (C=O) groups is 1. The second kappa shape index (κ2) is 24.3. The van der Waals surface area contributed by atoms with E-state index in [-0.39, 0.29) is 5.97 Å². The van der Waals surface area contributed by atoms with Gasteiger partial charge in [0, 0.05) is 19.6 Å². The molecule has 0 bridgehead atoms. The number of rotatable bonds is 23. The van der Waals surface area contributed by atoms with Crippen LogP contribution in [0.5, 0.6) is 0 Å². The molecular formula is C22H44O6. The lowest BCUT2D eigenvalue weighted by molar-refractivity contribution is -0.143. The van der Waals surface area contributed by atoms with Crippen molar-refractivity contribution in [2.45, 2.75) is 78.1 Å². The van der Waals surface area contributed by atoms with Crippen LogP contribution in [0.15, 0.2) is 0 Å². The molecule has 0 aromatic carbocycles. The summed E-state index contributed by atoms with van der Waals surface area (Å²) < 4.78 is 26.7. The van der Waals surface area contributed by atoms with Crippen molar-refractivity contribution < 1.29 is 28.5 Å². The average molecular weight is 405 g/mol. The second-order valence-corrected chi connectivity index (χ2v) is 6.83. The average Bonchev–Trinajstić information content (AvgIpc) is 2.69. The molecule has 0 saturated heterocycles. The SMILES string of the molecule is CCCCCCCCCCOCCOCCOCCOCCCC(=O)OCC. The van der Waals surface area contributed by atoms with Gasteiger partial charge in [-0.25, -0.2) is 0 Å². The van der Waals surface area contributed by atoms with Crippen molar-refractivity contribution in [2.75, 3.05) is 59.5 Å². The van der Waals surface area contributed by atoms with Gasteiger partial charge in [0.1, 0.15) is 0 Å². The van der Waals surface area contributed by atoms with Gasteiger partial charge in [0.15, 0.2) is 0 Å². The van der Waals surface area contributed by atoms with E-state index in [1.54, 1.807) is 6.92 Å². The minimum Gasteiger partial charge on any atom is -0.466 e. The van der Waals surface area contributed by atoms with Crippen molar-refractivity contribution in [2.24, 2.45) is 0 Å². The Morgan fingerprint density at radius 1 is 0.536 bits per heavy atom. The molecule has 0 unspecified atom stereocenters. The molecule has 0 aromatic rings. The lowest BCUT2D eigenvalue weighted by atomic mass is 10.1. The first-order valence-corrected chi connectivity index (χ1v) is 11.3. The molecule has 0 atom stereocenters. The van der Waals surface area contributed by atoms with Crippen molar-refractivity contribution in [1.82, 2.24) is 0 Å². The molecule has 0 heterocycles. The quantitative estimate of drug-likeness (QED) is 0.184. The Morgan fingerprint density at radius 2 is 0.964 bits per heavy atom. The zero-order chi connectivity index (χ0) is 20.5. The van der Waals surface area contributed by atoms with E-state index >= 15 is 0 Å². The van der Waals surface area contributed by atoms with Crippen molar-refractivity contribution in [3.8, 4) is 0 Å². The van der Waals surface area contributed by atoms with E-state index in [4.69, 9.17) is 23.7 Å². The van der Waals surface area contributed by atoms with Gasteiger partial charge in [-0.1, -0.05) is 51.9 Å². The predicted octanol–water partition coefficient (Wildman–Crippen LogP) is 4.54. The van der Waals surface area contributed by atoms with Crippen LogP contribution >= 0.6 is 0 Å². The number of ether oxygens (including phenoxy) is 5. The van der Waals surface area contributed by atoms with Gasteiger partial charge in [-0.3, -0.25) is 4.79 Å². The fourth-order valence-electron chi connectivity index (χ4n) is 2.65. The second-order valence-electron chi connectivity index (χ2n) is 6.83. The molecule has 28 heavy (non-hydrogen) atoms. The van der Waals surface area contributed by atoms with Gasteiger partial charge in [-0.15, -0.1) is 0 Å². The summed E-state index contributed by atoms with van der Waals surface area (Å²) >= 11 is 0.